The van der Waals surface area contributed by atoms with Gasteiger partial charge in [0.05, 0.1) is 0 Å². The number of nitrogens with two attached hydrogens (primary N) is 1. The first kappa shape index (κ1) is 11.6. The van der Waals surface area contributed by atoms with Crippen LogP contribution >= 0.6 is 0 Å². The Balaban J connectivity index is 1.92. The zero-order valence-electron chi connectivity index (χ0n) is 9.82. The maximum absolute atomic E-state index is 5.95. The molecule has 0 amide bonds. The molecule has 0 saturated carbocycles. The molecule has 0 atom stereocenters. The van der Waals surface area contributed by atoms with Crippen LogP contribution in [0.4, 0.5) is 0 Å². The number of benzene rings is 1. The van der Waals surface area contributed by atoms with E-state index in [2.05, 4.69) is 30.3 Å². The highest BCUT2D eigenvalue weighted by Crippen LogP contribution is 2.34. The molecule has 88 valence electrons. The third kappa shape index (κ3) is 2.83. The lowest BCUT2D eigenvalue weighted by Crippen LogP contribution is -2.37. The molecule has 1 fully saturated rings. The summed E-state index contributed by atoms with van der Waals surface area (Å²) in [5.74, 6) is 0. The smallest absolute Gasteiger partial charge is 0.0471 e. The van der Waals surface area contributed by atoms with Crippen LogP contribution in [0.25, 0.3) is 0 Å². The van der Waals surface area contributed by atoms with Gasteiger partial charge in [-0.25, -0.2) is 0 Å². The predicted molar refractivity (Wildman–Crippen MR) is 66.3 cm³/mol. The molecule has 1 aliphatic heterocycles. The van der Waals surface area contributed by atoms with Crippen molar-refractivity contribution in [2.45, 2.75) is 25.7 Å². The summed E-state index contributed by atoms with van der Waals surface area (Å²) in [6, 6.07) is 10.7. The lowest BCUT2D eigenvalue weighted by molar-refractivity contribution is 0.0149. The van der Waals surface area contributed by atoms with E-state index in [0.29, 0.717) is 5.41 Å². The second-order valence-corrected chi connectivity index (χ2v) is 4.80. The van der Waals surface area contributed by atoms with E-state index in [1.54, 1.807) is 0 Å². The predicted octanol–water partition coefficient (Wildman–Crippen LogP) is 2.37. The topological polar surface area (TPSA) is 35.2 Å². The van der Waals surface area contributed by atoms with Crippen LogP contribution in [0.5, 0.6) is 0 Å². The van der Waals surface area contributed by atoms with E-state index in [4.69, 9.17) is 10.5 Å². The van der Waals surface area contributed by atoms with Crippen LogP contribution in [0.2, 0.25) is 0 Å². The van der Waals surface area contributed by atoms with Crippen molar-refractivity contribution in [2.75, 3.05) is 19.8 Å². The molecule has 2 nitrogen and oxygen atoms in total. The fourth-order valence-electron chi connectivity index (χ4n) is 2.41. The molecule has 1 aromatic carbocycles. The minimum absolute atomic E-state index is 0.327. The van der Waals surface area contributed by atoms with Crippen LogP contribution in [0.15, 0.2) is 30.3 Å². The van der Waals surface area contributed by atoms with E-state index < -0.39 is 0 Å². The third-order valence-corrected chi connectivity index (χ3v) is 3.77. The lowest BCUT2D eigenvalue weighted by Gasteiger charge is -2.36. The maximum Gasteiger partial charge on any atom is 0.0471 e. The summed E-state index contributed by atoms with van der Waals surface area (Å²) in [7, 11) is 0. The molecule has 16 heavy (non-hydrogen) atoms. The van der Waals surface area contributed by atoms with E-state index in [1.165, 1.54) is 12.0 Å². The summed E-state index contributed by atoms with van der Waals surface area (Å²) in [4.78, 5) is 0. The van der Waals surface area contributed by atoms with E-state index in [-0.39, 0.29) is 0 Å². The number of rotatable bonds is 4. The van der Waals surface area contributed by atoms with Crippen LogP contribution in [0.3, 0.4) is 0 Å². The van der Waals surface area contributed by atoms with Crippen LogP contribution in [0.1, 0.15) is 24.8 Å². The van der Waals surface area contributed by atoms with Crippen molar-refractivity contribution in [1.29, 1.82) is 0 Å². The second kappa shape index (κ2) is 5.46. The Bertz CT molecular complexity index is 304. The van der Waals surface area contributed by atoms with Crippen molar-refractivity contribution >= 4 is 0 Å². The average molecular weight is 219 g/mol. The molecule has 2 rings (SSSR count). The Kier molecular flexibility index (Phi) is 3.97. The molecule has 1 aliphatic rings. The number of ether oxygens (including phenoxy) is 1. The van der Waals surface area contributed by atoms with Gasteiger partial charge in [0.1, 0.15) is 0 Å². The Morgan fingerprint density at radius 1 is 1.12 bits per heavy atom. The minimum Gasteiger partial charge on any atom is -0.381 e. The first-order valence-electron chi connectivity index (χ1n) is 6.16. The third-order valence-electron chi connectivity index (χ3n) is 3.77. The fourth-order valence-corrected chi connectivity index (χ4v) is 2.41. The molecule has 0 bridgehead atoms. The zero-order valence-corrected chi connectivity index (χ0v) is 9.82. The molecule has 1 aromatic rings. The van der Waals surface area contributed by atoms with Gasteiger partial charge in [0, 0.05) is 13.2 Å². The van der Waals surface area contributed by atoms with Crippen molar-refractivity contribution in [3.63, 3.8) is 0 Å². The minimum atomic E-state index is 0.327. The van der Waals surface area contributed by atoms with Crippen LogP contribution in [0, 0.1) is 5.41 Å². The number of hydrogen-bond donors (Lipinski definition) is 1. The molecule has 0 aromatic heterocycles. The standard InChI is InChI=1S/C14H21NO/c15-12-14(8-10-16-11-9-14)7-6-13-4-2-1-3-5-13/h1-5H,6-12,15H2. The maximum atomic E-state index is 5.95. The van der Waals surface area contributed by atoms with Crippen molar-refractivity contribution in [3.8, 4) is 0 Å². The normalized spacial score (nSPS) is 19.6. The zero-order chi connectivity index (χ0) is 11.3. The summed E-state index contributed by atoms with van der Waals surface area (Å²) in [6.45, 7) is 2.56. The molecular formula is C14H21NO. The highest BCUT2D eigenvalue weighted by atomic mass is 16.5. The summed E-state index contributed by atoms with van der Waals surface area (Å²) in [6.07, 6.45) is 4.57. The number of aryl methyl sites for hydroxylation is 1. The summed E-state index contributed by atoms with van der Waals surface area (Å²) < 4.78 is 5.42. The van der Waals surface area contributed by atoms with Crippen LogP contribution in [-0.4, -0.2) is 19.8 Å². The molecule has 2 heteroatoms. The van der Waals surface area contributed by atoms with Gasteiger partial charge >= 0.3 is 0 Å². The van der Waals surface area contributed by atoms with Crippen molar-refractivity contribution in [1.82, 2.24) is 0 Å². The largest absolute Gasteiger partial charge is 0.381 e. The molecule has 0 radical (unpaired) electrons. The molecular weight excluding hydrogens is 198 g/mol. The SMILES string of the molecule is NCC1(CCc2ccccc2)CCOCC1. The quantitative estimate of drug-likeness (QED) is 0.843. The molecule has 1 saturated heterocycles. The Labute approximate surface area is 97.8 Å². The van der Waals surface area contributed by atoms with Gasteiger partial charge in [-0.2, -0.15) is 0 Å². The summed E-state index contributed by atoms with van der Waals surface area (Å²) >= 11 is 0. The molecule has 1 heterocycles. The molecule has 0 spiro atoms. The monoisotopic (exact) mass is 219 g/mol. The molecule has 0 unspecified atom stereocenters. The van der Waals surface area contributed by atoms with Gasteiger partial charge in [-0.3, -0.25) is 0 Å². The lowest BCUT2D eigenvalue weighted by atomic mass is 9.76. The van der Waals surface area contributed by atoms with E-state index in [9.17, 15) is 0 Å². The summed E-state index contributed by atoms with van der Waals surface area (Å²) in [5.41, 5.74) is 7.69. The Hall–Kier alpha value is -0.860. The van der Waals surface area contributed by atoms with Crippen LogP contribution in [-0.2, 0) is 11.2 Å². The average Bonchev–Trinajstić information content (AvgIpc) is 2.39. The van der Waals surface area contributed by atoms with Gasteiger partial charge in [0.15, 0.2) is 0 Å². The van der Waals surface area contributed by atoms with Crippen molar-refractivity contribution < 1.29 is 4.74 Å². The molecule has 0 aliphatic carbocycles. The van der Waals surface area contributed by atoms with Crippen molar-refractivity contribution in [3.05, 3.63) is 35.9 Å². The van der Waals surface area contributed by atoms with Gasteiger partial charge in [-0.05, 0) is 43.2 Å². The van der Waals surface area contributed by atoms with Gasteiger partial charge < -0.3 is 10.5 Å². The van der Waals surface area contributed by atoms with E-state index in [0.717, 1.165) is 39.0 Å². The molecule has 2 N–H and O–H groups in total. The van der Waals surface area contributed by atoms with Crippen molar-refractivity contribution in [2.24, 2.45) is 11.1 Å². The fraction of sp³-hybridized carbons (Fsp3) is 0.571. The van der Waals surface area contributed by atoms with Gasteiger partial charge in [0.25, 0.3) is 0 Å². The Morgan fingerprint density at radius 2 is 1.81 bits per heavy atom. The van der Waals surface area contributed by atoms with Gasteiger partial charge in [-0.1, -0.05) is 30.3 Å². The second-order valence-electron chi connectivity index (χ2n) is 4.80. The van der Waals surface area contributed by atoms with Crippen LogP contribution < -0.4 is 5.73 Å². The first-order chi connectivity index (χ1) is 7.85. The summed E-state index contributed by atoms with van der Waals surface area (Å²) in [5, 5.41) is 0. The highest BCUT2D eigenvalue weighted by molar-refractivity contribution is 5.15. The highest BCUT2D eigenvalue weighted by Gasteiger charge is 2.30. The number of hydrogen-bond acceptors (Lipinski definition) is 2. The first-order valence-corrected chi connectivity index (χ1v) is 6.16. The Morgan fingerprint density at radius 3 is 2.44 bits per heavy atom. The van der Waals surface area contributed by atoms with E-state index >= 15 is 0 Å². The van der Waals surface area contributed by atoms with E-state index in [1.807, 2.05) is 0 Å². The van der Waals surface area contributed by atoms with Gasteiger partial charge in [-0.15, -0.1) is 0 Å². The van der Waals surface area contributed by atoms with Gasteiger partial charge in [0.2, 0.25) is 0 Å².